The Morgan fingerprint density at radius 2 is 1.88 bits per heavy atom. The molecule has 1 amide bonds. The lowest BCUT2D eigenvalue weighted by molar-refractivity contribution is -0.117. The molecule has 0 aliphatic rings. The second-order valence-corrected chi connectivity index (χ2v) is 8.28. The van der Waals surface area contributed by atoms with Crippen LogP contribution in [0.5, 0.6) is 0 Å². The number of amides is 1. The molecular weight excluding hydrogens is 424 g/mol. The van der Waals surface area contributed by atoms with Crippen molar-refractivity contribution in [3.63, 3.8) is 0 Å². The lowest BCUT2D eigenvalue weighted by Crippen LogP contribution is -2.29. The zero-order valence-corrected chi connectivity index (χ0v) is 19.1. The first-order chi connectivity index (χ1) is 15.4. The van der Waals surface area contributed by atoms with E-state index in [-0.39, 0.29) is 18.0 Å². The molecule has 0 saturated heterocycles. The number of aromatic nitrogens is 3. The van der Waals surface area contributed by atoms with Crippen LogP contribution in [-0.2, 0) is 24.3 Å². The van der Waals surface area contributed by atoms with Gasteiger partial charge in [-0.1, -0.05) is 48.9 Å². The number of hydrogen-bond donors (Lipinski definition) is 1. The molecule has 32 heavy (non-hydrogen) atoms. The molecule has 0 aliphatic heterocycles. The summed E-state index contributed by atoms with van der Waals surface area (Å²) in [5.74, 6) is -0.285. The van der Waals surface area contributed by atoms with Crippen LogP contribution in [0.1, 0.15) is 29.4 Å². The normalized spacial score (nSPS) is 11.1. The molecule has 2 aromatic carbocycles. The molecule has 0 bridgehead atoms. The summed E-state index contributed by atoms with van der Waals surface area (Å²) in [4.78, 5) is 25.9. The zero-order chi connectivity index (χ0) is 22.8. The van der Waals surface area contributed by atoms with Crippen molar-refractivity contribution in [2.75, 3.05) is 5.32 Å². The molecule has 4 aromatic rings. The molecule has 0 unspecified atom stereocenters. The van der Waals surface area contributed by atoms with Crippen molar-refractivity contribution in [1.82, 2.24) is 14.3 Å². The Hall–Kier alpha value is -3.38. The van der Waals surface area contributed by atoms with Gasteiger partial charge in [0.15, 0.2) is 0 Å². The van der Waals surface area contributed by atoms with Crippen molar-refractivity contribution in [1.29, 1.82) is 0 Å². The Balaban J connectivity index is 1.64. The van der Waals surface area contributed by atoms with Gasteiger partial charge in [-0.2, -0.15) is 5.10 Å². The van der Waals surface area contributed by atoms with Gasteiger partial charge in [-0.05, 0) is 49.6 Å². The second-order valence-electron chi connectivity index (χ2n) is 7.84. The molecule has 7 heteroatoms. The Kier molecular flexibility index (Phi) is 6.15. The minimum atomic E-state index is -0.285. The van der Waals surface area contributed by atoms with Gasteiger partial charge in [-0.3, -0.25) is 9.59 Å². The van der Waals surface area contributed by atoms with E-state index in [9.17, 15) is 9.59 Å². The van der Waals surface area contributed by atoms with E-state index in [2.05, 4.69) is 15.0 Å². The fourth-order valence-electron chi connectivity index (χ4n) is 4.09. The number of nitrogens with one attached hydrogen (secondary N) is 1. The average Bonchev–Trinajstić information content (AvgIpc) is 3.01. The number of anilines is 1. The maximum Gasteiger partial charge on any atom is 0.276 e. The Morgan fingerprint density at radius 3 is 2.62 bits per heavy atom. The molecule has 1 N–H and O–H groups in total. The van der Waals surface area contributed by atoms with Crippen LogP contribution in [0.3, 0.4) is 0 Å². The Morgan fingerprint density at radius 1 is 1.09 bits per heavy atom. The number of fused-ring (bicyclic) bond motifs is 1. The smallest absolute Gasteiger partial charge is 0.276 e. The third-order valence-electron chi connectivity index (χ3n) is 5.80. The van der Waals surface area contributed by atoms with Gasteiger partial charge in [-0.15, -0.1) is 0 Å². The summed E-state index contributed by atoms with van der Waals surface area (Å²) in [6, 6.07) is 15.3. The summed E-state index contributed by atoms with van der Waals surface area (Å²) in [6.07, 6.45) is 2.47. The first-order valence-electron chi connectivity index (χ1n) is 10.6. The Labute approximate surface area is 191 Å². The van der Waals surface area contributed by atoms with Gasteiger partial charge in [0.1, 0.15) is 6.54 Å². The highest BCUT2D eigenvalue weighted by Gasteiger charge is 2.18. The molecule has 4 rings (SSSR count). The van der Waals surface area contributed by atoms with Gasteiger partial charge < -0.3 is 9.88 Å². The third kappa shape index (κ3) is 4.18. The van der Waals surface area contributed by atoms with Crippen LogP contribution in [0, 0.1) is 13.8 Å². The lowest BCUT2D eigenvalue weighted by atomic mass is 10.1. The fourth-order valence-corrected chi connectivity index (χ4v) is 4.30. The number of nitrogens with zero attached hydrogens (tertiary/aromatic N) is 3. The van der Waals surface area contributed by atoms with Gasteiger partial charge in [-0.25, -0.2) is 4.68 Å². The van der Waals surface area contributed by atoms with Crippen LogP contribution in [0.4, 0.5) is 5.69 Å². The molecule has 164 valence electrons. The maximum absolute atomic E-state index is 13.2. The maximum atomic E-state index is 13.2. The van der Waals surface area contributed by atoms with Gasteiger partial charge in [0.25, 0.3) is 5.56 Å². The highest BCUT2D eigenvalue weighted by Crippen LogP contribution is 2.24. The lowest BCUT2D eigenvalue weighted by Gasteiger charge is -2.10. The number of carbonyl (C=O) groups excluding carboxylic acids is 1. The first kappa shape index (κ1) is 21.8. The first-order valence-corrected chi connectivity index (χ1v) is 10.9. The Bertz CT molecular complexity index is 1370. The molecule has 0 radical (unpaired) electrons. The van der Waals surface area contributed by atoms with E-state index >= 15 is 0 Å². The van der Waals surface area contributed by atoms with E-state index < -0.39 is 0 Å². The SMILES string of the molecule is CCc1ccccc1NC(=O)Cn1ncc2c(C)n(Cc3cccc(Cl)c3)c(C)c2c1=O. The predicted molar refractivity (Wildman–Crippen MR) is 128 cm³/mol. The van der Waals surface area contributed by atoms with Crippen LogP contribution in [0.2, 0.25) is 5.02 Å². The molecule has 0 aliphatic carbocycles. The second kappa shape index (κ2) is 9.01. The summed E-state index contributed by atoms with van der Waals surface area (Å²) < 4.78 is 3.31. The van der Waals surface area contributed by atoms with Crippen LogP contribution < -0.4 is 10.9 Å². The molecule has 2 aromatic heterocycles. The van der Waals surface area contributed by atoms with Crippen molar-refractivity contribution < 1.29 is 4.79 Å². The summed E-state index contributed by atoms with van der Waals surface area (Å²) >= 11 is 6.13. The summed E-state index contributed by atoms with van der Waals surface area (Å²) in [5, 5.41) is 9.23. The number of halogens is 1. The van der Waals surface area contributed by atoms with Crippen LogP contribution in [0.25, 0.3) is 10.8 Å². The molecule has 0 atom stereocenters. The molecule has 2 heterocycles. The van der Waals surface area contributed by atoms with Crippen molar-refractivity contribution in [2.24, 2.45) is 0 Å². The van der Waals surface area contributed by atoms with E-state index in [4.69, 9.17) is 11.6 Å². The minimum absolute atomic E-state index is 0.148. The quantitative estimate of drug-likeness (QED) is 0.464. The summed E-state index contributed by atoms with van der Waals surface area (Å²) in [5.41, 5.74) is 4.37. The third-order valence-corrected chi connectivity index (χ3v) is 6.04. The molecule has 6 nitrogen and oxygen atoms in total. The van der Waals surface area contributed by atoms with E-state index in [1.54, 1.807) is 6.20 Å². The predicted octanol–water partition coefficient (Wildman–Crippen LogP) is 4.72. The van der Waals surface area contributed by atoms with Crippen molar-refractivity contribution in [2.45, 2.75) is 40.3 Å². The monoisotopic (exact) mass is 448 g/mol. The highest BCUT2D eigenvalue weighted by atomic mass is 35.5. The summed E-state index contributed by atoms with van der Waals surface area (Å²) in [6.45, 7) is 6.37. The van der Waals surface area contributed by atoms with Crippen LogP contribution in [0.15, 0.2) is 59.5 Å². The van der Waals surface area contributed by atoms with Crippen molar-refractivity contribution >= 4 is 34.0 Å². The number of hydrogen-bond acceptors (Lipinski definition) is 3. The minimum Gasteiger partial charge on any atom is -0.343 e. The molecular formula is C25H25ClN4O2. The number of para-hydroxylation sites is 1. The molecule has 0 spiro atoms. The standard InChI is InChI=1S/C25H25ClN4O2/c1-4-19-9-5-6-11-22(19)28-23(31)15-30-25(32)24-17(3)29(16(2)21(24)13-27-30)14-18-8-7-10-20(26)12-18/h5-13H,4,14-15H2,1-3H3,(H,28,31). The van der Waals surface area contributed by atoms with E-state index in [1.807, 2.05) is 69.3 Å². The van der Waals surface area contributed by atoms with Crippen LogP contribution >= 0.6 is 11.6 Å². The van der Waals surface area contributed by atoms with Gasteiger partial charge in [0, 0.05) is 34.0 Å². The zero-order valence-electron chi connectivity index (χ0n) is 18.4. The average molecular weight is 449 g/mol. The number of benzene rings is 2. The van der Waals surface area contributed by atoms with Gasteiger partial charge in [0.05, 0.1) is 11.6 Å². The van der Waals surface area contributed by atoms with Crippen molar-refractivity contribution in [3.8, 4) is 0 Å². The number of carbonyl (C=O) groups is 1. The van der Waals surface area contributed by atoms with E-state index in [0.29, 0.717) is 17.0 Å². The van der Waals surface area contributed by atoms with Crippen LogP contribution in [-0.4, -0.2) is 20.3 Å². The van der Waals surface area contributed by atoms with E-state index in [1.165, 1.54) is 4.68 Å². The molecule has 0 saturated carbocycles. The number of rotatable bonds is 6. The molecule has 0 fully saturated rings. The number of aryl methyl sites for hydroxylation is 3. The van der Waals surface area contributed by atoms with Gasteiger partial charge in [0.2, 0.25) is 5.91 Å². The summed E-state index contributed by atoms with van der Waals surface area (Å²) in [7, 11) is 0. The highest BCUT2D eigenvalue weighted by molar-refractivity contribution is 6.30. The van der Waals surface area contributed by atoms with Gasteiger partial charge >= 0.3 is 0 Å². The van der Waals surface area contributed by atoms with E-state index in [0.717, 1.165) is 40.0 Å². The largest absolute Gasteiger partial charge is 0.343 e. The topological polar surface area (TPSA) is 68.9 Å². The fraction of sp³-hybridized carbons (Fsp3) is 0.240. The van der Waals surface area contributed by atoms with Crippen molar-refractivity contribution in [3.05, 3.63) is 92.6 Å².